The molecule has 0 aliphatic heterocycles. The van der Waals surface area contributed by atoms with E-state index >= 15 is 0 Å². The lowest BCUT2D eigenvalue weighted by atomic mass is 10.2. The van der Waals surface area contributed by atoms with Gasteiger partial charge in [0.1, 0.15) is 20.1 Å². The van der Waals surface area contributed by atoms with Crippen LogP contribution in [0, 0.1) is 6.92 Å². The first-order valence-electron chi connectivity index (χ1n) is 11.7. The summed E-state index contributed by atoms with van der Waals surface area (Å²) in [5.41, 5.74) is 5.36. The Kier molecular flexibility index (Phi) is 6.61. The van der Waals surface area contributed by atoms with E-state index in [2.05, 4.69) is 15.6 Å². The summed E-state index contributed by atoms with van der Waals surface area (Å²) in [7, 11) is -4.62. The summed E-state index contributed by atoms with van der Waals surface area (Å²) in [5, 5.41) is 8.37. The minimum atomic E-state index is -4.62. The highest BCUT2D eigenvalue weighted by molar-refractivity contribution is 7.86. The highest BCUT2D eigenvalue weighted by Crippen LogP contribution is 2.38. The molecule has 4 aromatic carbocycles. The average molecular weight is 588 g/mol. The van der Waals surface area contributed by atoms with Gasteiger partial charge in [0.05, 0.1) is 25.3 Å². The Hall–Kier alpha value is -3.74. The Morgan fingerprint density at radius 3 is 2.13 bits per heavy atom. The lowest BCUT2D eigenvalue weighted by molar-refractivity contribution is 0.463. The minimum Gasteiger partial charge on any atom is -0.744 e. The Bertz CT molecular complexity index is 1970. The van der Waals surface area contributed by atoms with Crippen molar-refractivity contribution in [3.63, 3.8) is 0 Å². The standard InChI is InChI=1S/C28H20N4O3S4/c1-16-7-13-22-24(25(16)39(33,34)35)38-27(32-22)18-10-14-21-23(15-18)37-26(31-21)17-8-11-20(12-9-17)30-28(36)29-19-5-3-2-4-6-19/h2-15H,1H3,(H2,29,30,36)(H,33,34,35)/p-1. The smallest absolute Gasteiger partial charge is 0.175 e. The van der Waals surface area contributed by atoms with Crippen LogP contribution in [0.15, 0.2) is 89.8 Å². The number of aryl methyl sites for hydroxylation is 1. The molecule has 2 N–H and O–H groups in total. The monoisotopic (exact) mass is 587 g/mol. The highest BCUT2D eigenvalue weighted by Gasteiger charge is 2.17. The molecular weight excluding hydrogens is 569 g/mol. The fraction of sp³-hybridized carbons (Fsp3) is 0.0357. The number of benzene rings is 4. The Morgan fingerprint density at radius 2 is 1.41 bits per heavy atom. The van der Waals surface area contributed by atoms with Crippen LogP contribution in [0.25, 0.3) is 41.6 Å². The molecule has 2 aromatic heterocycles. The first kappa shape index (κ1) is 25.5. The third-order valence-electron chi connectivity index (χ3n) is 6.02. The largest absolute Gasteiger partial charge is 0.744 e. The molecule has 0 atom stereocenters. The molecule has 0 bridgehead atoms. The first-order valence-corrected chi connectivity index (χ1v) is 15.2. The topological polar surface area (TPSA) is 107 Å². The third kappa shape index (κ3) is 5.27. The van der Waals surface area contributed by atoms with Crippen LogP contribution >= 0.6 is 34.9 Å². The van der Waals surface area contributed by atoms with Crippen molar-refractivity contribution in [3.8, 4) is 21.1 Å². The van der Waals surface area contributed by atoms with Crippen molar-refractivity contribution < 1.29 is 13.0 Å². The fourth-order valence-corrected chi connectivity index (χ4v) is 7.72. The van der Waals surface area contributed by atoms with Crippen LogP contribution in [0.5, 0.6) is 0 Å². The second kappa shape index (κ2) is 10.1. The van der Waals surface area contributed by atoms with Crippen molar-refractivity contribution in [1.29, 1.82) is 0 Å². The maximum Gasteiger partial charge on any atom is 0.175 e. The van der Waals surface area contributed by atoms with Crippen molar-refractivity contribution >= 4 is 81.9 Å². The number of thiazole rings is 2. The van der Waals surface area contributed by atoms with Crippen molar-refractivity contribution in [1.82, 2.24) is 9.97 Å². The van der Waals surface area contributed by atoms with E-state index in [9.17, 15) is 13.0 Å². The first-order chi connectivity index (χ1) is 18.7. The van der Waals surface area contributed by atoms with Crippen LogP contribution in [0.4, 0.5) is 11.4 Å². The van der Waals surface area contributed by atoms with E-state index in [4.69, 9.17) is 17.2 Å². The molecule has 0 saturated heterocycles. The van der Waals surface area contributed by atoms with E-state index in [1.807, 2.05) is 72.8 Å². The van der Waals surface area contributed by atoms with E-state index in [0.29, 0.717) is 25.9 Å². The molecule has 0 saturated carbocycles. The number of aromatic nitrogens is 2. The molecule has 11 heteroatoms. The third-order valence-corrected chi connectivity index (χ3v) is 9.58. The molecule has 0 amide bonds. The summed E-state index contributed by atoms with van der Waals surface area (Å²) >= 11 is 8.18. The molecule has 7 nitrogen and oxygen atoms in total. The Morgan fingerprint density at radius 1 is 0.795 bits per heavy atom. The molecule has 0 unspecified atom stereocenters. The molecule has 39 heavy (non-hydrogen) atoms. The Labute approximate surface area is 238 Å². The SMILES string of the molecule is Cc1ccc2nc(-c3ccc4nc(-c5ccc(NC(=S)Nc6ccccc6)cc5)sc4c3)sc2c1S(=O)(=O)[O-]. The molecule has 6 aromatic rings. The van der Waals surface area contributed by atoms with Gasteiger partial charge in [-0.2, -0.15) is 0 Å². The van der Waals surface area contributed by atoms with Gasteiger partial charge in [0.15, 0.2) is 5.11 Å². The van der Waals surface area contributed by atoms with E-state index in [-0.39, 0.29) is 4.90 Å². The van der Waals surface area contributed by atoms with Crippen molar-refractivity contribution in [2.45, 2.75) is 11.8 Å². The van der Waals surface area contributed by atoms with Gasteiger partial charge >= 0.3 is 0 Å². The lowest BCUT2D eigenvalue weighted by Gasteiger charge is -2.10. The van der Waals surface area contributed by atoms with Gasteiger partial charge in [-0.25, -0.2) is 18.4 Å². The second-order valence-corrected chi connectivity index (χ2v) is 12.5. The number of hydrogen-bond donors (Lipinski definition) is 2. The molecule has 194 valence electrons. The summed E-state index contributed by atoms with van der Waals surface area (Å²) in [6.07, 6.45) is 0. The second-order valence-electron chi connectivity index (χ2n) is 8.76. The predicted octanol–water partition coefficient (Wildman–Crippen LogP) is 7.26. The van der Waals surface area contributed by atoms with Gasteiger partial charge in [-0.1, -0.05) is 24.3 Å². The number of rotatable bonds is 5. The van der Waals surface area contributed by atoms with Gasteiger partial charge in [0.25, 0.3) is 0 Å². The summed E-state index contributed by atoms with van der Waals surface area (Å²) in [5.74, 6) is 0. The van der Waals surface area contributed by atoms with Gasteiger partial charge in [-0.05, 0) is 85.4 Å². The minimum absolute atomic E-state index is 0.195. The predicted molar refractivity (Wildman–Crippen MR) is 163 cm³/mol. The maximum absolute atomic E-state index is 11.9. The van der Waals surface area contributed by atoms with Crippen LogP contribution in [-0.4, -0.2) is 28.1 Å². The zero-order valence-corrected chi connectivity index (χ0v) is 23.6. The van der Waals surface area contributed by atoms with Gasteiger partial charge in [0, 0.05) is 22.5 Å². The summed E-state index contributed by atoms with van der Waals surface area (Å²) in [6.45, 7) is 1.62. The maximum atomic E-state index is 11.9. The van der Waals surface area contributed by atoms with Gasteiger partial charge in [-0.15, -0.1) is 22.7 Å². The van der Waals surface area contributed by atoms with Crippen LogP contribution < -0.4 is 10.6 Å². The fourth-order valence-electron chi connectivity index (χ4n) is 4.19. The van der Waals surface area contributed by atoms with Crippen LogP contribution in [-0.2, 0) is 10.1 Å². The number of para-hydroxylation sites is 1. The highest BCUT2D eigenvalue weighted by atomic mass is 32.2. The molecule has 0 radical (unpaired) electrons. The zero-order chi connectivity index (χ0) is 27.1. The number of anilines is 2. The van der Waals surface area contributed by atoms with Gasteiger partial charge in [0.2, 0.25) is 0 Å². The lowest BCUT2D eigenvalue weighted by Crippen LogP contribution is -2.18. The number of nitrogens with zero attached hydrogens (tertiary/aromatic N) is 2. The van der Waals surface area contributed by atoms with Crippen molar-refractivity contribution in [3.05, 3.63) is 90.5 Å². The number of nitrogens with one attached hydrogen (secondary N) is 2. The summed E-state index contributed by atoms with van der Waals surface area (Å²) < 4.78 is 37.0. The molecule has 6 rings (SSSR count). The molecule has 0 aliphatic rings. The molecule has 2 heterocycles. The summed E-state index contributed by atoms with van der Waals surface area (Å²) in [6, 6.07) is 26.8. The molecule has 0 aliphatic carbocycles. The molecule has 0 spiro atoms. The Balaban J connectivity index is 1.25. The zero-order valence-electron chi connectivity index (χ0n) is 20.3. The number of thiocarbonyl (C=S) groups is 1. The molecular formula is C28H19N4O3S4-. The van der Waals surface area contributed by atoms with Crippen LogP contribution in [0.1, 0.15) is 5.56 Å². The van der Waals surface area contributed by atoms with Crippen LogP contribution in [0.2, 0.25) is 0 Å². The van der Waals surface area contributed by atoms with Crippen LogP contribution in [0.3, 0.4) is 0 Å². The molecule has 0 fully saturated rings. The number of fused-ring (bicyclic) bond motifs is 2. The number of hydrogen-bond acceptors (Lipinski definition) is 8. The normalized spacial score (nSPS) is 11.6. The summed E-state index contributed by atoms with van der Waals surface area (Å²) in [4.78, 5) is 9.20. The van der Waals surface area contributed by atoms with E-state index < -0.39 is 10.1 Å². The van der Waals surface area contributed by atoms with Crippen molar-refractivity contribution in [2.24, 2.45) is 0 Å². The van der Waals surface area contributed by atoms with E-state index in [0.717, 1.165) is 37.7 Å². The quantitative estimate of drug-likeness (QED) is 0.160. The van der Waals surface area contributed by atoms with E-state index in [1.165, 1.54) is 11.3 Å². The van der Waals surface area contributed by atoms with Crippen molar-refractivity contribution in [2.75, 3.05) is 10.6 Å². The van der Waals surface area contributed by atoms with Gasteiger partial charge in [-0.3, -0.25) is 0 Å². The van der Waals surface area contributed by atoms with E-state index in [1.54, 1.807) is 30.4 Å². The van der Waals surface area contributed by atoms with Gasteiger partial charge < -0.3 is 15.2 Å². The average Bonchev–Trinajstić information content (AvgIpc) is 3.52.